The van der Waals surface area contributed by atoms with Crippen molar-refractivity contribution in [1.82, 2.24) is 10.2 Å². The van der Waals surface area contributed by atoms with Crippen LogP contribution in [0.1, 0.15) is 22.0 Å². The maximum atomic E-state index is 13.3. The summed E-state index contributed by atoms with van der Waals surface area (Å²) in [4.78, 5) is 25.3. The molecule has 1 N–H and O–H groups in total. The van der Waals surface area contributed by atoms with E-state index in [1.165, 1.54) is 24.3 Å². The van der Waals surface area contributed by atoms with Crippen LogP contribution < -0.4 is 5.32 Å². The minimum atomic E-state index is -0.639. The molecule has 1 unspecified atom stereocenters. The summed E-state index contributed by atoms with van der Waals surface area (Å²) < 4.78 is 18.7. The lowest BCUT2D eigenvalue weighted by molar-refractivity contribution is -0.385. The van der Waals surface area contributed by atoms with Crippen molar-refractivity contribution >= 4 is 23.2 Å². The molecule has 0 radical (unpaired) electrons. The van der Waals surface area contributed by atoms with Crippen LogP contribution in [0.5, 0.6) is 0 Å². The second-order valence-electron chi connectivity index (χ2n) is 6.34. The fourth-order valence-electron chi connectivity index (χ4n) is 3.16. The minimum Gasteiger partial charge on any atom is -0.379 e. The van der Waals surface area contributed by atoms with Gasteiger partial charge in [0.05, 0.1) is 24.2 Å². The summed E-state index contributed by atoms with van der Waals surface area (Å²) in [7, 11) is 0. The van der Waals surface area contributed by atoms with Crippen molar-refractivity contribution in [3.63, 3.8) is 0 Å². The summed E-state index contributed by atoms with van der Waals surface area (Å²) >= 11 is 5.80. The third kappa shape index (κ3) is 4.83. The van der Waals surface area contributed by atoms with Crippen molar-refractivity contribution in [3.8, 4) is 0 Å². The maximum absolute atomic E-state index is 13.3. The monoisotopic (exact) mass is 407 g/mol. The molecule has 148 valence electrons. The van der Waals surface area contributed by atoms with Gasteiger partial charge in [-0.3, -0.25) is 19.8 Å². The second kappa shape index (κ2) is 9.09. The fraction of sp³-hybridized carbons (Fsp3) is 0.316. The molecule has 2 aromatic rings. The van der Waals surface area contributed by atoms with Crippen LogP contribution in [-0.4, -0.2) is 48.6 Å². The SMILES string of the molecule is O=C(NCC(c1ccc(F)cc1)N1CCOCC1)c1ccc(Cl)cc1[N+](=O)[O-]. The fourth-order valence-corrected chi connectivity index (χ4v) is 3.33. The van der Waals surface area contributed by atoms with Crippen molar-refractivity contribution in [2.45, 2.75) is 6.04 Å². The second-order valence-corrected chi connectivity index (χ2v) is 6.78. The first-order valence-electron chi connectivity index (χ1n) is 8.75. The number of halogens is 2. The lowest BCUT2D eigenvalue weighted by atomic mass is 10.0. The maximum Gasteiger partial charge on any atom is 0.283 e. The van der Waals surface area contributed by atoms with Crippen LogP contribution in [0.3, 0.4) is 0 Å². The number of carbonyl (C=O) groups excluding carboxylic acids is 1. The zero-order valence-electron chi connectivity index (χ0n) is 14.9. The zero-order valence-corrected chi connectivity index (χ0v) is 15.7. The van der Waals surface area contributed by atoms with Crippen molar-refractivity contribution in [2.75, 3.05) is 32.8 Å². The lowest BCUT2D eigenvalue weighted by Crippen LogP contribution is -2.43. The van der Waals surface area contributed by atoms with E-state index in [0.29, 0.717) is 26.3 Å². The van der Waals surface area contributed by atoms with Gasteiger partial charge in [-0.1, -0.05) is 23.7 Å². The molecule has 3 rings (SSSR count). The van der Waals surface area contributed by atoms with Crippen LogP contribution in [0.25, 0.3) is 0 Å². The van der Waals surface area contributed by atoms with Gasteiger partial charge in [-0.15, -0.1) is 0 Å². The van der Waals surface area contributed by atoms with Gasteiger partial charge in [0.25, 0.3) is 11.6 Å². The first-order chi connectivity index (χ1) is 13.5. The summed E-state index contributed by atoms with van der Waals surface area (Å²) in [5.74, 6) is -0.908. The summed E-state index contributed by atoms with van der Waals surface area (Å²) in [6, 6.07) is 9.79. The molecule has 2 aromatic carbocycles. The Hall–Kier alpha value is -2.55. The van der Waals surface area contributed by atoms with Gasteiger partial charge in [-0.25, -0.2) is 4.39 Å². The molecule has 0 aliphatic carbocycles. The number of nitro groups is 1. The van der Waals surface area contributed by atoms with E-state index in [2.05, 4.69) is 10.2 Å². The van der Waals surface area contributed by atoms with E-state index >= 15 is 0 Å². The number of ether oxygens (including phenoxy) is 1. The number of carbonyl (C=O) groups is 1. The molecule has 1 fully saturated rings. The Labute approximate surface area is 166 Å². The average Bonchev–Trinajstić information content (AvgIpc) is 2.70. The largest absolute Gasteiger partial charge is 0.379 e. The van der Waals surface area contributed by atoms with Gasteiger partial charge in [0.2, 0.25) is 0 Å². The van der Waals surface area contributed by atoms with Crippen LogP contribution in [0, 0.1) is 15.9 Å². The van der Waals surface area contributed by atoms with E-state index in [9.17, 15) is 19.3 Å². The molecule has 0 bridgehead atoms. The highest BCUT2D eigenvalue weighted by Crippen LogP contribution is 2.25. The van der Waals surface area contributed by atoms with Crippen molar-refractivity contribution in [3.05, 3.63) is 74.5 Å². The molecule has 1 aliphatic heterocycles. The molecule has 1 atom stereocenters. The van der Waals surface area contributed by atoms with Crippen LogP contribution >= 0.6 is 11.6 Å². The van der Waals surface area contributed by atoms with E-state index in [-0.39, 0.29) is 34.7 Å². The Morgan fingerprint density at radius 3 is 2.57 bits per heavy atom. The molecular weight excluding hydrogens is 389 g/mol. The van der Waals surface area contributed by atoms with Gasteiger partial charge in [-0.2, -0.15) is 0 Å². The van der Waals surface area contributed by atoms with E-state index < -0.39 is 10.8 Å². The van der Waals surface area contributed by atoms with E-state index in [0.717, 1.165) is 11.6 Å². The molecule has 0 saturated carbocycles. The molecule has 0 spiro atoms. The highest BCUT2D eigenvalue weighted by Gasteiger charge is 2.25. The summed E-state index contributed by atoms with van der Waals surface area (Å²) in [6.07, 6.45) is 0. The smallest absolute Gasteiger partial charge is 0.283 e. The number of nitro benzene ring substituents is 1. The normalized spacial score (nSPS) is 15.8. The number of benzene rings is 2. The van der Waals surface area contributed by atoms with Crippen molar-refractivity contribution < 1.29 is 18.8 Å². The molecule has 1 amide bonds. The van der Waals surface area contributed by atoms with Gasteiger partial charge in [0.15, 0.2) is 0 Å². The van der Waals surface area contributed by atoms with Gasteiger partial charge < -0.3 is 10.1 Å². The Balaban J connectivity index is 1.79. The number of hydrogen-bond acceptors (Lipinski definition) is 5. The summed E-state index contributed by atoms with van der Waals surface area (Å²) in [6.45, 7) is 2.67. The average molecular weight is 408 g/mol. The Morgan fingerprint density at radius 1 is 1.25 bits per heavy atom. The molecule has 7 nitrogen and oxygen atoms in total. The highest BCUT2D eigenvalue weighted by molar-refractivity contribution is 6.31. The van der Waals surface area contributed by atoms with Crippen molar-refractivity contribution in [2.24, 2.45) is 0 Å². The number of rotatable bonds is 6. The first kappa shape index (κ1) is 20.2. The van der Waals surface area contributed by atoms with Crippen LogP contribution in [0.4, 0.5) is 10.1 Å². The van der Waals surface area contributed by atoms with Crippen LogP contribution in [0.15, 0.2) is 42.5 Å². The molecule has 28 heavy (non-hydrogen) atoms. The summed E-state index contributed by atoms with van der Waals surface area (Å²) in [5.41, 5.74) is 0.429. The van der Waals surface area contributed by atoms with Gasteiger partial charge >= 0.3 is 0 Å². The predicted molar refractivity (Wildman–Crippen MR) is 102 cm³/mol. The van der Waals surface area contributed by atoms with Crippen molar-refractivity contribution in [1.29, 1.82) is 0 Å². The molecule has 0 aromatic heterocycles. The van der Waals surface area contributed by atoms with E-state index in [4.69, 9.17) is 16.3 Å². The Kier molecular flexibility index (Phi) is 6.56. The van der Waals surface area contributed by atoms with Crippen LogP contribution in [0.2, 0.25) is 5.02 Å². The van der Waals surface area contributed by atoms with Gasteiger partial charge in [0, 0.05) is 30.7 Å². The third-order valence-corrected chi connectivity index (χ3v) is 4.83. The quantitative estimate of drug-likeness (QED) is 0.587. The minimum absolute atomic E-state index is 0.0609. The number of hydrogen-bond donors (Lipinski definition) is 1. The number of nitrogens with zero attached hydrogens (tertiary/aromatic N) is 2. The van der Waals surface area contributed by atoms with E-state index in [1.54, 1.807) is 12.1 Å². The highest BCUT2D eigenvalue weighted by atomic mass is 35.5. The topological polar surface area (TPSA) is 84.7 Å². The molecule has 1 saturated heterocycles. The lowest BCUT2D eigenvalue weighted by Gasteiger charge is -2.35. The van der Waals surface area contributed by atoms with Gasteiger partial charge in [0.1, 0.15) is 11.4 Å². The third-order valence-electron chi connectivity index (χ3n) is 4.60. The zero-order chi connectivity index (χ0) is 20.1. The predicted octanol–water partition coefficient (Wildman–Crippen LogP) is 3.19. The Bertz CT molecular complexity index is 857. The molecular formula is C19H19ClFN3O4. The number of nitrogens with one attached hydrogen (secondary N) is 1. The molecule has 1 heterocycles. The first-order valence-corrected chi connectivity index (χ1v) is 9.13. The Morgan fingerprint density at radius 2 is 1.93 bits per heavy atom. The number of morpholine rings is 1. The standard InChI is InChI=1S/C19H19ClFN3O4/c20-14-3-6-16(17(11-14)24(26)27)19(25)22-12-18(23-7-9-28-10-8-23)13-1-4-15(21)5-2-13/h1-6,11,18H,7-10,12H2,(H,22,25). The molecule has 1 aliphatic rings. The van der Waals surface area contributed by atoms with Gasteiger partial charge in [-0.05, 0) is 29.8 Å². The number of amides is 1. The van der Waals surface area contributed by atoms with Crippen LogP contribution in [-0.2, 0) is 4.74 Å². The molecule has 9 heteroatoms. The summed E-state index contributed by atoms with van der Waals surface area (Å²) in [5, 5.41) is 14.2. The van der Waals surface area contributed by atoms with E-state index in [1.807, 2.05) is 0 Å².